The van der Waals surface area contributed by atoms with Gasteiger partial charge in [0.05, 0.1) is 18.9 Å². The van der Waals surface area contributed by atoms with Crippen LogP contribution in [0.4, 0.5) is 11.4 Å². The number of amides is 1. The van der Waals surface area contributed by atoms with Crippen molar-refractivity contribution in [2.75, 3.05) is 23.8 Å². The van der Waals surface area contributed by atoms with E-state index in [-0.39, 0.29) is 11.5 Å². The maximum Gasteiger partial charge on any atom is 0.289 e. The van der Waals surface area contributed by atoms with Crippen molar-refractivity contribution in [3.63, 3.8) is 0 Å². The van der Waals surface area contributed by atoms with Gasteiger partial charge in [-0.1, -0.05) is 0 Å². The molecule has 1 aromatic carbocycles. The van der Waals surface area contributed by atoms with Gasteiger partial charge in [-0.2, -0.15) is 10.5 Å². The van der Waals surface area contributed by atoms with Crippen LogP contribution >= 0.6 is 0 Å². The molecule has 2 N–H and O–H groups in total. The minimum atomic E-state index is -1.38. The van der Waals surface area contributed by atoms with Gasteiger partial charge in [0.25, 0.3) is 11.7 Å². The normalized spacial score (nSPS) is 17.5. The smallest absolute Gasteiger partial charge is 0.289 e. The summed E-state index contributed by atoms with van der Waals surface area (Å²) in [6.07, 6.45) is 1.30. The van der Waals surface area contributed by atoms with Crippen molar-refractivity contribution in [3.8, 4) is 12.1 Å². The zero-order valence-corrected chi connectivity index (χ0v) is 10.8. The molecule has 1 aromatic rings. The second-order valence-electron chi connectivity index (χ2n) is 4.45. The Labute approximate surface area is 120 Å². The number of nitrogens with one attached hydrogen (secondary N) is 2. The predicted molar refractivity (Wildman–Crippen MR) is 71.6 cm³/mol. The Bertz CT molecular complexity index is 705. The third kappa shape index (κ3) is 2.01. The highest BCUT2D eigenvalue weighted by molar-refractivity contribution is 6.04. The summed E-state index contributed by atoms with van der Waals surface area (Å²) >= 11 is 0. The fourth-order valence-corrected chi connectivity index (χ4v) is 2.29. The quantitative estimate of drug-likeness (QED) is 0.789. The number of carbonyl (C=O) groups is 1. The van der Waals surface area contributed by atoms with Crippen molar-refractivity contribution < 1.29 is 14.3 Å². The first-order valence-corrected chi connectivity index (χ1v) is 6.20. The van der Waals surface area contributed by atoms with Crippen LogP contribution in [0.15, 0.2) is 30.0 Å². The minimum Gasteiger partial charge on any atom is -0.360 e. The zero-order chi connectivity index (χ0) is 14.9. The Hall–Kier alpha value is -2.87. The van der Waals surface area contributed by atoms with Crippen LogP contribution in [0.5, 0.6) is 0 Å². The maximum absolute atomic E-state index is 12.0. The van der Waals surface area contributed by atoms with Crippen LogP contribution in [0, 0.1) is 22.7 Å². The second kappa shape index (κ2) is 4.91. The number of carbonyl (C=O) groups excluding carboxylic acids is 1. The van der Waals surface area contributed by atoms with Crippen LogP contribution in [0.3, 0.4) is 0 Å². The molecule has 0 radical (unpaired) electrons. The number of rotatable bonds is 2. The third-order valence-electron chi connectivity index (χ3n) is 3.24. The fourth-order valence-electron chi connectivity index (χ4n) is 2.29. The van der Waals surface area contributed by atoms with E-state index in [1.54, 1.807) is 30.3 Å². The van der Waals surface area contributed by atoms with E-state index in [9.17, 15) is 4.79 Å². The zero-order valence-electron chi connectivity index (χ0n) is 10.8. The molecule has 0 saturated carbocycles. The van der Waals surface area contributed by atoms with E-state index in [0.29, 0.717) is 30.2 Å². The third-order valence-corrected chi connectivity index (χ3v) is 3.24. The lowest BCUT2D eigenvalue weighted by Gasteiger charge is -2.19. The van der Waals surface area contributed by atoms with Gasteiger partial charge >= 0.3 is 0 Å². The lowest BCUT2D eigenvalue weighted by Crippen LogP contribution is -2.35. The summed E-state index contributed by atoms with van der Waals surface area (Å²) in [7, 11) is 0. The number of allylic oxidation sites excluding steroid dienone is 1. The van der Waals surface area contributed by atoms with Crippen molar-refractivity contribution in [2.45, 2.75) is 5.79 Å². The standard InChI is InChI=1S/C14H10N4O3/c15-6-9(7-16)8-17-10-1-2-12-11(5-10)14(13(19)18-12)20-3-4-21-14/h1-2,5,8,17H,3-4H2,(H,18,19). The summed E-state index contributed by atoms with van der Waals surface area (Å²) in [6.45, 7) is 0.689. The molecule has 1 fully saturated rings. The first kappa shape index (κ1) is 13.1. The van der Waals surface area contributed by atoms with Gasteiger partial charge in [-0.25, -0.2) is 0 Å². The predicted octanol–water partition coefficient (Wildman–Crippen LogP) is 1.18. The van der Waals surface area contributed by atoms with Gasteiger partial charge in [-0.15, -0.1) is 0 Å². The van der Waals surface area contributed by atoms with Crippen LogP contribution in [0.25, 0.3) is 0 Å². The van der Waals surface area contributed by atoms with E-state index in [0.717, 1.165) is 0 Å². The first-order chi connectivity index (χ1) is 10.2. The molecule has 0 unspecified atom stereocenters. The molecule has 1 spiro atoms. The maximum atomic E-state index is 12.0. The second-order valence-corrected chi connectivity index (χ2v) is 4.45. The van der Waals surface area contributed by atoms with E-state index in [1.807, 2.05) is 0 Å². The van der Waals surface area contributed by atoms with Crippen LogP contribution in [-0.2, 0) is 20.1 Å². The van der Waals surface area contributed by atoms with Gasteiger partial charge in [-0.05, 0) is 18.2 Å². The summed E-state index contributed by atoms with van der Waals surface area (Å²) in [4.78, 5) is 12.0. The molecule has 0 bridgehead atoms. The Kier molecular flexibility index (Phi) is 3.07. The summed E-state index contributed by atoms with van der Waals surface area (Å²) in [5.41, 5.74) is 1.77. The topological polar surface area (TPSA) is 107 Å². The summed E-state index contributed by atoms with van der Waals surface area (Å²) in [5.74, 6) is -1.73. The lowest BCUT2D eigenvalue weighted by atomic mass is 10.1. The van der Waals surface area contributed by atoms with Crippen molar-refractivity contribution in [1.82, 2.24) is 0 Å². The van der Waals surface area contributed by atoms with Crippen molar-refractivity contribution in [3.05, 3.63) is 35.5 Å². The monoisotopic (exact) mass is 282 g/mol. The van der Waals surface area contributed by atoms with Crippen LogP contribution in [0.1, 0.15) is 5.56 Å². The molecule has 0 aliphatic carbocycles. The highest BCUT2D eigenvalue weighted by Crippen LogP contribution is 2.43. The number of fused-ring (bicyclic) bond motifs is 2. The molecule has 2 aliphatic rings. The molecular weight excluding hydrogens is 272 g/mol. The van der Waals surface area contributed by atoms with Crippen LogP contribution in [0.2, 0.25) is 0 Å². The average Bonchev–Trinajstić information content (AvgIpc) is 3.09. The first-order valence-electron chi connectivity index (χ1n) is 6.20. The van der Waals surface area contributed by atoms with E-state index in [2.05, 4.69) is 10.6 Å². The number of benzene rings is 1. The molecule has 7 nitrogen and oxygen atoms in total. The number of hydrogen-bond donors (Lipinski definition) is 2. The van der Waals surface area contributed by atoms with Gasteiger partial charge in [0.15, 0.2) is 0 Å². The largest absolute Gasteiger partial charge is 0.360 e. The van der Waals surface area contributed by atoms with Gasteiger partial charge in [0.2, 0.25) is 0 Å². The van der Waals surface area contributed by atoms with Crippen LogP contribution < -0.4 is 10.6 Å². The number of anilines is 2. The molecule has 104 valence electrons. The van der Waals surface area contributed by atoms with Gasteiger partial charge in [-0.3, -0.25) is 4.79 Å². The van der Waals surface area contributed by atoms with Crippen LogP contribution in [-0.4, -0.2) is 19.1 Å². The molecule has 2 heterocycles. The number of ether oxygens (including phenoxy) is 2. The molecule has 2 aliphatic heterocycles. The van der Waals surface area contributed by atoms with E-state index < -0.39 is 5.79 Å². The molecule has 1 amide bonds. The fraction of sp³-hybridized carbons (Fsp3) is 0.214. The molecule has 3 rings (SSSR count). The molecule has 0 atom stereocenters. The van der Waals surface area contributed by atoms with E-state index in [1.165, 1.54) is 6.20 Å². The van der Waals surface area contributed by atoms with E-state index in [4.69, 9.17) is 20.0 Å². The molecular formula is C14H10N4O3. The average molecular weight is 282 g/mol. The van der Waals surface area contributed by atoms with Gasteiger partial charge < -0.3 is 20.1 Å². The Balaban J connectivity index is 1.94. The summed E-state index contributed by atoms with van der Waals surface area (Å²) in [5, 5.41) is 22.9. The van der Waals surface area contributed by atoms with Gasteiger partial charge in [0.1, 0.15) is 17.7 Å². The molecule has 21 heavy (non-hydrogen) atoms. The SMILES string of the molecule is N#CC(C#N)=CNc1ccc2c(c1)C1(OCCO1)C(=O)N2. The van der Waals surface area contributed by atoms with Gasteiger partial charge in [0, 0.05) is 17.5 Å². The Morgan fingerprint density at radius 1 is 1.33 bits per heavy atom. The van der Waals surface area contributed by atoms with Crippen molar-refractivity contribution in [2.24, 2.45) is 0 Å². The Morgan fingerprint density at radius 3 is 2.71 bits per heavy atom. The lowest BCUT2D eigenvalue weighted by molar-refractivity contribution is -0.178. The molecule has 7 heteroatoms. The summed E-state index contributed by atoms with van der Waals surface area (Å²) in [6, 6.07) is 8.63. The highest BCUT2D eigenvalue weighted by atomic mass is 16.7. The molecule has 1 saturated heterocycles. The summed E-state index contributed by atoms with van der Waals surface area (Å²) < 4.78 is 11.0. The van der Waals surface area contributed by atoms with E-state index >= 15 is 0 Å². The highest BCUT2D eigenvalue weighted by Gasteiger charge is 2.52. The number of nitriles is 2. The minimum absolute atomic E-state index is 0.0484. The Morgan fingerprint density at radius 2 is 2.05 bits per heavy atom. The number of nitrogens with zero attached hydrogens (tertiary/aromatic N) is 2. The molecule has 0 aromatic heterocycles. The van der Waals surface area contributed by atoms with Crippen molar-refractivity contribution >= 4 is 17.3 Å². The number of hydrogen-bond acceptors (Lipinski definition) is 6. The van der Waals surface area contributed by atoms with Crippen molar-refractivity contribution in [1.29, 1.82) is 10.5 Å².